The first-order valence-electron chi connectivity index (χ1n) is 7.40. The molecule has 126 valence electrons. The van der Waals surface area contributed by atoms with Crippen molar-refractivity contribution in [1.82, 2.24) is 5.32 Å². The zero-order valence-electron chi connectivity index (χ0n) is 14.0. The molecule has 0 aliphatic rings. The molecule has 0 aliphatic carbocycles. The highest BCUT2D eigenvalue weighted by Gasteiger charge is 2.19. The fourth-order valence-corrected chi connectivity index (χ4v) is 1.31. The van der Waals surface area contributed by atoms with Crippen molar-refractivity contribution in [3.63, 3.8) is 0 Å². The lowest BCUT2D eigenvalue weighted by molar-refractivity contribution is -0.0352. The summed E-state index contributed by atoms with van der Waals surface area (Å²) in [5.41, 5.74) is -0.860. The van der Waals surface area contributed by atoms with Gasteiger partial charge in [-0.15, -0.1) is 0 Å². The number of aliphatic hydroxyl groups is 1. The van der Waals surface area contributed by atoms with Crippen LogP contribution in [0.2, 0.25) is 0 Å². The van der Waals surface area contributed by atoms with Gasteiger partial charge in [-0.05, 0) is 34.1 Å². The Hall–Kier alpha value is -0.160. The molecule has 0 aromatic rings. The Morgan fingerprint density at radius 2 is 1.50 bits per heavy atom. The monoisotopic (exact) mass is 293 g/mol. The molecule has 0 spiro atoms. The minimum atomic E-state index is -0.764. The van der Waals surface area contributed by atoms with Gasteiger partial charge in [0.2, 0.25) is 0 Å². The Balaban J connectivity index is -0.000000916. The van der Waals surface area contributed by atoms with Crippen LogP contribution in [-0.4, -0.2) is 49.2 Å². The van der Waals surface area contributed by atoms with Gasteiger partial charge in [0.05, 0.1) is 25.4 Å². The number of hydrogen-bond acceptors (Lipinski definition) is 4. The van der Waals surface area contributed by atoms with Gasteiger partial charge in [0.25, 0.3) is 0 Å². The van der Waals surface area contributed by atoms with Crippen molar-refractivity contribution in [1.29, 1.82) is 0 Å². The van der Waals surface area contributed by atoms with E-state index in [1.54, 1.807) is 13.8 Å². The molecule has 0 unspecified atom stereocenters. The van der Waals surface area contributed by atoms with Gasteiger partial charge in [0.1, 0.15) is 0 Å². The molecule has 0 aromatic carbocycles. The van der Waals surface area contributed by atoms with E-state index in [0.29, 0.717) is 13.2 Å². The second-order valence-corrected chi connectivity index (χ2v) is 5.73. The molecule has 0 atom stereocenters. The molecule has 20 heavy (non-hydrogen) atoms. The average molecular weight is 293 g/mol. The zero-order chi connectivity index (χ0) is 15.4. The van der Waals surface area contributed by atoms with Crippen molar-refractivity contribution in [2.24, 2.45) is 0 Å². The van der Waals surface area contributed by atoms with Crippen LogP contribution < -0.4 is 5.32 Å². The topological polar surface area (TPSA) is 50.7 Å². The van der Waals surface area contributed by atoms with Gasteiger partial charge < -0.3 is 19.9 Å². The molecule has 4 heteroatoms. The fraction of sp³-hybridized carbons (Fsp3) is 1.00. The molecule has 0 radical (unpaired) electrons. The molecule has 0 bridgehead atoms. The van der Waals surface area contributed by atoms with Crippen molar-refractivity contribution in [3.05, 3.63) is 0 Å². The Morgan fingerprint density at radius 3 is 1.95 bits per heavy atom. The molecule has 4 nitrogen and oxygen atoms in total. The Kier molecular flexibility index (Phi) is 17.1. The summed E-state index contributed by atoms with van der Waals surface area (Å²) in [4.78, 5) is 0. The Labute approximate surface area is 127 Å². The van der Waals surface area contributed by atoms with E-state index in [1.165, 1.54) is 0 Å². The largest absolute Gasteiger partial charge is 0.388 e. The summed E-state index contributed by atoms with van der Waals surface area (Å²) in [6.07, 6.45) is 1.05. The second-order valence-electron chi connectivity index (χ2n) is 5.73. The van der Waals surface area contributed by atoms with Crippen LogP contribution in [0.5, 0.6) is 0 Å². The number of ether oxygens (including phenoxy) is 2. The second kappa shape index (κ2) is 13.8. The highest BCUT2D eigenvalue weighted by molar-refractivity contribution is 4.77. The SMILES string of the molecule is C.CC.CCCOCCNC(C)(C)COCC(C)(C)O. The number of rotatable bonds is 10. The predicted octanol–water partition coefficient (Wildman–Crippen LogP) is 3.23. The smallest absolute Gasteiger partial charge is 0.0824 e. The summed E-state index contributed by atoms with van der Waals surface area (Å²) in [5.74, 6) is 0. The van der Waals surface area contributed by atoms with Crippen LogP contribution in [0.15, 0.2) is 0 Å². The van der Waals surface area contributed by atoms with E-state index in [1.807, 2.05) is 13.8 Å². The van der Waals surface area contributed by atoms with E-state index < -0.39 is 5.60 Å². The van der Waals surface area contributed by atoms with Crippen molar-refractivity contribution in [2.75, 3.05) is 33.0 Å². The number of hydrogen-bond donors (Lipinski definition) is 2. The lowest BCUT2D eigenvalue weighted by Gasteiger charge is -2.28. The number of nitrogens with one attached hydrogen (secondary N) is 1. The minimum absolute atomic E-state index is 0. The van der Waals surface area contributed by atoms with E-state index >= 15 is 0 Å². The van der Waals surface area contributed by atoms with E-state index in [-0.39, 0.29) is 13.0 Å². The summed E-state index contributed by atoms with van der Waals surface area (Å²) in [7, 11) is 0. The van der Waals surface area contributed by atoms with Crippen molar-refractivity contribution in [3.8, 4) is 0 Å². The van der Waals surface area contributed by atoms with Gasteiger partial charge in [-0.25, -0.2) is 0 Å². The van der Waals surface area contributed by atoms with Crippen LogP contribution >= 0.6 is 0 Å². The summed E-state index contributed by atoms with van der Waals surface area (Å²) >= 11 is 0. The van der Waals surface area contributed by atoms with Crippen LogP contribution in [0.3, 0.4) is 0 Å². The first-order chi connectivity index (χ1) is 8.77. The summed E-state index contributed by atoms with van der Waals surface area (Å²) in [6, 6.07) is 0. The maximum Gasteiger partial charge on any atom is 0.0824 e. The molecule has 0 aromatic heterocycles. The predicted molar refractivity (Wildman–Crippen MR) is 88.4 cm³/mol. The molecule has 2 N–H and O–H groups in total. The van der Waals surface area contributed by atoms with Gasteiger partial charge in [-0.1, -0.05) is 28.2 Å². The normalized spacial score (nSPS) is 11.4. The highest BCUT2D eigenvalue weighted by atomic mass is 16.5. The molecular weight excluding hydrogens is 254 g/mol. The highest BCUT2D eigenvalue weighted by Crippen LogP contribution is 2.06. The summed E-state index contributed by atoms with van der Waals surface area (Å²) in [6.45, 7) is 17.0. The van der Waals surface area contributed by atoms with Crippen LogP contribution in [0, 0.1) is 0 Å². The van der Waals surface area contributed by atoms with E-state index in [2.05, 4.69) is 26.1 Å². The van der Waals surface area contributed by atoms with Gasteiger partial charge >= 0.3 is 0 Å². The standard InChI is InChI=1S/C13H29NO3.C2H6.CH4/c1-6-8-16-9-7-14-12(2,3)10-17-11-13(4,5)15;1-2;/h14-15H,6-11H2,1-5H3;1-2H3;1H4. The lowest BCUT2D eigenvalue weighted by atomic mass is 10.1. The molecule has 0 rings (SSSR count). The maximum absolute atomic E-state index is 9.52. The van der Waals surface area contributed by atoms with Crippen molar-refractivity contribution < 1.29 is 14.6 Å². The van der Waals surface area contributed by atoms with Crippen LogP contribution in [-0.2, 0) is 9.47 Å². The van der Waals surface area contributed by atoms with Crippen LogP contribution in [0.4, 0.5) is 0 Å². The molecule has 0 saturated carbocycles. The third-order valence-corrected chi connectivity index (χ3v) is 2.12. The third-order valence-electron chi connectivity index (χ3n) is 2.12. The third kappa shape index (κ3) is 20.2. The van der Waals surface area contributed by atoms with Gasteiger partial charge in [0, 0.05) is 18.7 Å². The average Bonchev–Trinajstić information content (AvgIpc) is 2.29. The molecule has 0 saturated heterocycles. The zero-order valence-corrected chi connectivity index (χ0v) is 14.0. The summed E-state index contributed by atoms with van der Waals surface area (Å²) in [5, 5.41) is 12.9. The fourth-order valence-electron chi connectivity index (χ4n) is 1.31. The van der Waals surface area contributed by atoms with Gasteiger partial charge in [-0.3, -0.25) is 0 Å². The van der Waals surface area contributed by atoms with E-state index in [9.17, 15) is 5.11 Å². The maximum atomic E-state index is 9.52. The lowest BCUT2D eigenvalue weighted by Crippen LogP contribution is -2.46. The molecular formula is C16H39NO3. The van der Waals surface area contributed by atoms with E-state index in [0.717, 1.165) is 26.2 Å². The van der Waals surface area contributed by atoms with Gasteiger partial charge in [0.15, 0.2) is 0 Å². The Bertz CT molecular complexity index is 189. The molecule has 0 amide bonds. The molecule has 0 aliphatic heterocycles. The van der Waals surface area contributed by atoms with Crippen molar-refractivity contribution in [2.45, 2.75) is 73.5 Å². The minimum Gasteiger partial charge on any atom is -0.388 e. The van der Waals surface area contributed by atoms with E-state index in [4.69, 9.17) is 9.47 Å². The first-order valence-corrected chi connectivity index (χ1v) is 7.40. The molecule has 0 fully saturated rings. The Morgan fingerprint density at radius 1 is 0.950 bits per heavy atom. The van der Waals surface area contributed by atoms with Gasteiger partial charge in [-0.2, -0.15) is 0 Å². The van der Waals surface area contributed by atoms with Crippen molar-refractivity contribution >= 4 is 0 Å². The van der Waals surface area contributed by atoms with Crippen LogP contribution in [0.25, 0.3) is 0 Å². The first kappa shape index (κ1) is 24.8. The summed E-state index contributed by atoms with van der Waals surface area (Å²) < 4.78 is 10.9. The van der Waals surface area contributed by atoms with Crippen LogP contribution in [0.1, 0.15) is 62.3 Å². The quantitative estimate of drug-likeness (QED) is 0.607. The molecule has 0 heterocycles.